The summed E-state index contributed by atoms with van der Waals surface area (Å²) in [4.78, 5) is 0. The van der Waals surface area contributed by atoms with Crippen molar-refractivity contribution in [3.05, 3.63) is 23.5 Å². The molecule has 0 aromatic heterocycles. The molecule has 0 aliphatic rings. The standard InChI is InChI=1S/C17H29FN2O2/c1-3-7-21-16-9-14(6-5-13(11-19)12-20)15(18)10-17(16)22-8-4-2/h9-10,13H,3-8,11-12,19-20H2,1-2H3. The van der Waals surface area contributed by atoms with Gasteiger partial charge in [-0.15, -0.1) is 0 Å². The summed E-state index contributed by atoms with van der Waals surface area (Å²) < 4.78 is 25.5. The molecule has 0 heterocycles. The molecule has 5 heteroatoms. The molecule has 1 rings (SSSR count). The summed E-state index contributed by atoms with van der Waals surface area (Å²) in [5.74, 6) is 1.05. The lowest BCUT2D eigenvalue weighted by Crippen LogP contribution is -2.23. The van der Waals surface area contributed by atoms with Crippen LogP contribution in [0.4, 0.5) is 4.39 Å². The molecule has 4 nitrogen and oxygen atoms in total. The molecule has 0 saturated carbocycles. The Bertz CT molecular complexity index is 437. The summed E-state index contributed by atoms with van der Waals surface area (Å²) in [6.45, 7) is 6.22. The van der Waals surface area contributed by atoms with Gasteiger partial charge in [0, 0.05) is 6.07 Å². The lowest BCUT2D eigenvalue weighted by molar-refractivity contribution is 0.266. The maximum Gasteiger partial charge on any atom is 0.164 e. The van der Waals surface area contributed by atoms with Gasteiger partial charge >= 0.3 is 0 Å². The fraction of sp³-hybridized carbons (Fsp3) is 0.647. The van der Waals surface area contributed by atoms with Crippen molar-refractivity contribution in [2.45, 2.75) is 39.5 Å². The molecule has 0 saturated heterocycles. The SMILES string of the molecule is CCCOc1cc(F)c(CCC(CN)CN)cc1OCCC. The van der Waals surface area contributed by atoms with Gasteiger partial charge in [0.05, 0.1) is 13.2 Å². The molecular formula is C17H29FN2O2. The van der Waals surface area contributed by atoms with Crippen LogP contribution in [0.15, 0.2) is 12.1 Å². The zero-order valence-corrected chi connectivity index (χ0v) is 13.7. The second kappa shape index (κ2) is 10.4. The molecule has 0 spiro atoms. The summed E-state index contributed by atoms with van der Waals surface area (Å²) in [7, 11) is 0. The van der Waals surface area contributed by atoms with Gasteiger partial charge in [0.25, 0.3) is 0 Å². The van der Waals surface area contributed by atoms with Crippen LogP contribution in [0.3, 0.4) is 0 Å². The number of aryl methyl sites for hydroxylation is 1. The van der Waals surface area contributed by atoms with E-state index in [0.717, 1.165) is 19.3 Å². The summed E-state index contributed by atoms with van der Waals surface area (Å²) in [5.41, 5.74) is 11.9. The van der Waals surface area contributed by atoms with Crippen LogP contribution in [0.2, 0.25) is 0 Å². The molecule has 0 bridgehead atoms. The molecule has 0 atom stereocenters. The molecule has 0 radical (unpaired) electrons. The largest absolute Gasteiger partial charge is 0.490 e. The summed E-state index contributed by atoms with van der Waals surface area (Å²) in [6, 6.07) is 3.18. The van der Waals surface area contributed by atoms with Crippen LogP contribution >= 0.6 is 0 Å². The Morgan fingerprint density at radius 2 is 1.55 bits per heavy atom. The van der Waals surface area contributed by atoms with Crippen molar-refractivity contribution in [3.8, 4) is 11.5 Å². The van der Waals surface area contributed by atoms with E-state index in [4.69, 9.17) is 20.9 Å². The molecule has 126 valence electrons. The third-order valence-corrected chi connectivity index (χ3v) is 3.52. The Labute approximate surface area is 133 Å². The molecule has 1 aromatic rings. The van der Waals surface area contributed by atoms with Crippen molar-refractivity contribution in [1.29, 1.82) is 0 Å². The van der Waals surface area contributed by atoms with E-state index in [9.17, 15) is 4.39 Å². The van der Waals surface area contributed by atoms with Crippen LogP contribution in [-0.4, -0.2) is 26.3 Å². The number of halogens is 1. The van der Waals surface area contributed by atoms with Gasteiger partial charge in [-0.2, -0.15) is 0 Å². The fourth-order valence-corrected chi connectivity index (χ4v) is 2.11. The number of rotatable bonds is 11. The Kier molecular flexibility index (Phi) is 8.85. The first kappa shape index (κ1) is 18.7. The van der Waals surface area contributed by atoms with E-state index in [1.165, 1.54) is 6.07 Å². The molecule has 0 fully saturated rings. The smallest absolute Gasteiger partial charge is 0.164 e. The van der Waals surface area contributed by atoms with Gasteiger partial charge in [0.1, 0.15) is 5.82 Å². The molecule has 0 unspecified atom stereocenters. The Morgan fingerprint density at radius 1 is 1.00 bits per heavy atom. The summed E-state index contributed by atoms with van der Waals surface area (Å²) in [6.07, 6.45) is 3.13. The minimum absolute atomic E-state index is 0.218. The Hall–Kier alpha value is -1.33. The van der Waals surface area contributed by atoms with Crippen LogP contribution in [0.1, 0.15) is 38.7 Å². The minimum Gasteiger partial charge on any atom is -0.490 e. The van der Waals surface area contributed by atoms with Crippen molar-refractivity contribution < 1.29 is 13.9 Å². The van der Waals surface area contributed by atoms with Crippen LogP contribution < -0.4 is 20.9 Å². The Balaban J connectivity index is 2.88. The highest BCUT2D eigenvalue weighted by Gasteiger charge is 2.14. The predicted molar refractivity (Wildman–Crippen MR) is 87.9 cm³/mol. The van der Waals surface area contributed by atoms with Crippen LogP contribution in [0.25, 0.3) is 0 Å². The highest BCUT2D eigenvalue weighted by molar-refractivity contribution is 5.44. The average molecular weight is 312 g/mol. The third-order valence-electron chi connectivity index (χ3n) is 3.52. The minimum atomic E-state index is -0.261. The number of hydrogen-bond acceptors (Lipinski definition) is 4. The maximum absolute atomic E-state index is 14.2. The van der Waals surface area contributed by atoms with Gasteiger partial charge in [-0.3, -0.25) is 0 Å². The van der Waals surface area contributed by atoms with Crippen LogP contribution in [-0.2, 0) is 6.42 Å². The van der Waals surface area contributed by atoms with Gasteiger partial charge < -0.3 is 20.9 Å². The summed E-state index contributed by atoms with van der Waals surface area (Å²) in [5, 5.41) is 0. The first-order valence-electron chi connectivity index (χ1n) is 8.14. The number of hydrogen-bond donors (Lipinski definition) is 2. The van der Waals surface area contributed by atoms with Crippen LogP contribution in [0, 0.1) is 11.7 Å². The van der Waals surface area contributed by atoms with E-state index >= 15 is 0 Å². The molecule has 4 N–H and O–H groups in total. The van der Waals surface area contributed by atoms with Gasteiger partial charge in [-0.1, -0.05) is 13.8 Å². The highest BCUT2D eigenvalue weighted by Crippen LogP contribution is 2.31. The first-order chi connectivity index (χ1) is 10.7. The first-order valence-corrected chi connectivity index (χ1v) is 8.14. The van der Waals surface area contributed by atoms with Crippen LogP contribution in [0.5, 0.6) is 11.5 Å². The van der Waals surface area contributed by atoms with E-state index in [1.54, 1.807) is 6.07 Å². The fourth-order valence-electron chi connectivity index (χ4n) is 2.11. The van der Waals surface area contributed by atoms with Crippen molar-refractivity contribution in [2.75, 3.05) is 26.3 Å². The molecule has 1 aromatic carbocycles. The maximum atomic E-state index is 14.2. The van der Waals surface area contributed by atoms with Crippen molar-refractivity contribution in [2.24, 2.45) is 17.4 Å². The monoisotopic (exact) mass is 312 g/mol. The zero-order chi connectivity index (χ0) is 16.4. The number of nitrogens with two attached hydrogens (primary N) is 2. The topological polar surface area (TPSA) is 70.5 Å². The van der Waals surface area contributed by atoms with Gasteiger partial charge in [-0.05, 0) is 56.3 Å². The summed E-state index contributed by atoms with van der Waals surface area (Å²) >= 11 is 0. The zero-order valence-electron chi connectivity index (χ0n) is 13.7. The average Bonchev–Trinajstić information content (AvgIpc) is 2.53. The number of ether oxygens (including phenoxy) is 2. The van der Waals surface area contributed by atoms with Crippen molar-refractivity contribution in [1.82, 2.24) is 0 Å². The molecule has 0 aliphatic carbocycles. The van der Waals surface area contributed by atoms with Crippen molar-refractivity contribution in [3.63, 3.8) is 0 Å². The second-order valence-corrected chi connectivity index (χ2v) is 5.46. The van der Waals surface area contributed by atoms with E-state index in [0.29, 0.717) is 49.8 Å². The molecule has 0 amide bonds. The second-order valence-electron chi connectivity index (χ2n) is 5.46. The van der Waals surface area contributed by atoms with Gasteiger partial charge in [0.2, 0.25) is 0 Å². The van der Waals surface area contributed by atoms with E-state index in [-0.39, 0.29) is 11.7 Å². The predicted octanol–water partition coefficient (Wildman–Crippen LogP) is 2.87. The molecular weight excluding hydrogens is 283 g/mol. The third kappa shape index (κ3) is 5.81. The lowest BCUT2D eigenvalue weighted by Gasteiger charge is -2.16. The van der Waals surface area contributed by atoms with E-state index in [2.05, 4.69) is 0 Å². The Morgan fingerprint density at radius 3 is 2.05 bits per heavy atom. The highest BCUT2D eigenvalue weighted by atomic mass is 19.1. The van der Waals surface area contributed by atoms with Gasteiger partial charge in [0.15, 0.2) is 11.5 Å². The molecule has 0 aliphatic heterocycles. The normalized spacial score (nSPS) is 11.0. The van der Waals surface area contributed by atoms with Gasteiger partial charge in [-0.25, -0.2) is 4.39 Å². The number of benzene rings is 1. The quantitative estimate of drug-likeness (QED) is 0.659. The lowest BCUT2D eigenvalue weighted by atomic mass is 9.99. The van der Waals surface area contributed by atoms with E-state index in [1.807, 2.05) is 13.8 Å². The molecule has 22 heavy (non-hydrogen) atoms. The van der Waals surface area contributed by atoms with Crippen molar-refractivity contribution >= 4 is 0 Å². The van der Waals surface area contributed by atoms with E-state index < -0.39 is 0 Å².